The first kappa shape index (κ1) is 15.9. The van der Waals surface area contributed by atoms with Gasteiger partial charge >= 0.3 is 5.97 Å². The lowest BCUT2D eigenvalue weighted by Crippen LogP contribution is -2.18. The third-order valence-electron chi connectivity index (χ3n) is 2.52. The van der Waals surface area contributed by atoms with Crippen molar-refractivity contribution in [1.82, 2.24) is 0 Å². The second-order valence-electron chi connectivity index (χ2n) is 3.98. The van der Waals surface area contributed by atoms with Gasteiger partial charge in [-0.2, -0.15) is 0 Å². The normalized spacial score (nSPS) is 11.5. The summed E-state index contributed by atoms with van der Waals surface area (Å²) in [7, 11) is 0. The molecule has 0 spiro atoms. The van der Waals surface area contributed by atoms with E-state index in [1.807, 2.05) is 26.0 Å². The summed E-state index contributed by atoms with van der Waals surface area (Å²) in [5, 5.41) is 0. The van der Waals surface area contributed by atoms with Crippen LogP contribution in [0.25, 0.3) is 0 Å². The topological polar surface area (TPSA) is 52.3 Å². The molecule has 0 aliphatic carbocycles. The van der Waals surface area contributed by atoms with Gasteiger partial charge in [-0.05, 0) is 31.9 Å². The van der Waals surface area contributed by atoms with Crippen molar-refractivity contribution in [3.8, 4) is 0 Å². The zero-order valence-electron chi connectivity index (χ0n) is 10.5. The molecular weight excluding hydrogens is 238 g/mol. The lowest BCUT2D eigenvalue weighted by molar-refractivity contribution is -0.143. The van der Waals surface area contributed by atoms with Crippen LogP contribution in [0.5, 0.6) is 0 Å². The van der Waals surface area contributed by atoms with E-state index in [-0.39, 0.29) is 30.8 Å². The largest absolute Gasteiger partial charge is 0.466 e. The Morgan fingerprint density at radius 2 is 2.06 bits per heavy atom. The molecule has 4 heteroatoms. The number of hydrogen-bond donors (Lipinski definition) is 1. The maximum absolute atomic E-state index is 11.3. The molecule has 0 saturated carbocycles. The van der Waals surface area contributed by atoms with Gasteiger partial charge in [0.1, 0.15) is 0 Å². The minimum absolute atomic E-state index is 0. The molecule has 1 atom stereocenters. The number of nitrogens with two attached hydrogens (primary N) is 1. The average molecular weight is 258 g/mol. The summed E-state index contributed by atoms with van der Waals surface area (Å²) >= 11 is 0. The fraction of sp³-hybridized carbons (Fsp3) is 0.462. The van der Waals surface area contributed by atoms with Crippen molar-refractivity contribution in [3.63, 3.8) is 0 Å². The number of aryl methyl sites for hydroxylation is 2. The molecule has 0 heterocycles. The number of ether oxygens (including phenoxy) is 1. The van der Waals surface area contributed by atoms with Crippen LogP contribution >= 0.6 is 12.4 Å². The molecule has 1 aromatic rings. The minimum atomic E-state index is -0.278. The zero-order valence-corrected chi connectivity index (χ0v) is 11.3. The molecule has 0 amide bonds. The van der Waals surface area contributed by atoms with Gasteiger partial charge in [-0.25, -0.2) is 0 Å². The van der Waals surface area contributed by atoms with E-state index in [1.54, 1.807) is 6.92 Å². The molecule has 2 N–H and O–H groups in total. The van der Waals surface area contributed by atoms with E-state index in [9.17, 15) is 4.79 Å². The molecule has 0 saturated heterocycles. The van der Waals surface area contributed by atoms with E-state index < -0.39 is 0 Å². The Kier molecular flexibility index (Phi) is 6.85. The number of carbonyl (C=O) groups is 1. The molecule has 0 bridgehead atoms. The van der Waals surface area contributed by atoms with Crippen LogP contribution in [-0.4, -0.2) is 12.6 Å². The molecule has 3 nitrogen and oxygen atoms in total. The van der Waals surface area contributed by atoms with Gasteiger partial charge < -0.3 is 10.5 Å². The third kappa shape index (κ3) is 4.75. The van der Waals surface area contributed by atoms with Crippen molar-refractivity contribution in [2.45, 2.75) is 33.2 Å². The van der Waals surface area contributed by atoms with Crippen LogP contribution in [0, 0.1) is 13.8 Å². The third-order valence-corrected chi connectivity index (χ3v) is 2.52. The SMILES string of the molecule is CCOC(=O)C[C@H](N)c1ccc(C)cc1C.Cl. The van der Waals surface area contributed by atoms with Crippen LogP contribution in [-0.2, 0) is 9.53 Å². The van der Waals surface area contributed by atoms with Crippen LogP contribution in [0.3, 0.4) is 0 Å². The van der Waals surface area contributed by atoms with Crippen LogP contribution in [0.1, 0.15) is 36.1 Å². The Balaban J connectivity index is 0.00000256. The highest BCUT2D eigenvalue weighted by Gasteiger charge is 2.14. The van der Waals surface area contributed by atoms with Crippen LogP contribution < -0.4 is 5.73 Å². The van der Waals surface area contributed by atoms with Crippen molar-refractivity contribution >= 4 is 18.4 Å². The van der Waals surface area contributed by atoms with E-state index in [0.717, 1.165) is 11.1 Å². The van der Waals surface area contributed by atoms with Crippen molar-refractivity contribution in [3.05, 3.63) is 34.9 Å². The monoisotopic (exact) mass is 257 g/mol. The van der Waals surface area contributed by atoms with Crippen LogP contribution in [0.15, 0.2) is 18.2 Å². The van der Waals surface area contributed by atoms with E-state index >= 15 is 0 Å². The lowest BCUT2D eigenvalue weighted by atomic mass is 9.98. The standard InChI is InChI=1S/C13H19NO2.ClH/c1-4-16-13(15)8-12(14)11-6-5-9(2)7-10(11)3;/h5-7,12H,4,8,14H2,1-3H3;1H/t12-;/m0./s1. The Morgan fingerprint density at radius 1 is 1.41 bits per heavy atom. The molecule has 0 aliphatic rings. The molecule has 0 aromatic heterocycles. The van der Waals surface area contributed by atoms with E-state index in [2.05, 4.69) is 6.07 Å². The first-order chi connectivity index (χ1) is 7.54. The van der Waals surface area contributed by atoms with Gasteiger partial charge in [0, 0.05) is 6.04 Å². The molecule has 1 aromatic carbocycles. The fourth-order valence-electron chi connectivity index (χ4n) is 1.75. The van der Waals surface area contributed by atoms with Gasteiger partial charge in [0.25, 0.3) is 0 Å². The Labute approximate surface area is 109 Å². The molecule has 0 fully saturated rings. The second kappa shape index (κ2) is 7.30. The molecule has 96 valence electrons. The molecular formula is C13H20ClNO2. The number of carbonyl (C=O) groups excluding carboxylic acids is 1. The van der Waals surface area contributed by atoms with E-state index in [4.69, 9.17) is 10.5 Å². The van der Waals surface area contributed by atoms with Gasteiger partial charge in [-0.1, -0.05) is 23.8 Å². The summed E-state index contributed by atoms with van der Waals surface area (Å²) < 4.78 is 4.88. The lowest BCUT2D eigenvalue weighted by Gasteiger charge is -2.14. The maximum atomic E-state index is 11.3. The first-order valence-electron chi connectivity index (χ1n) is 5.53. The zero-order chi connectivity index (χ0) is 12.1. The Hall–Kier alpha value is -1.06. The first-order valence-corrected chi connectivity index (χ1v) is 5.53. The Bertz CT molecular complexity index is 380. The van der Waals surface area contributed by atoms with Gasteiger partial charge in [0.15, 0.2) is 0 Å². The summed E-state index contributed by atoms with van der Waals surface area (Å²) in [5.41, 5.74) is 9.31. The van der Waals surface area contributed by atoms with Crippen molar-refractivity contribution in [1.29, 1.82) is 0 Å². The van der Waals surface area contributed by atoms with Gasteiger partial charge in [0.2, 0.25) is 0 Å². The minimum Gasteiger partial charge on any atom is -0.466 e. The molecule has 0 aliphatic heterocycles. The quantitative estimate of drug-likeness (QED) is 0.844. The molecule has 0 radical (unpaired) electrons. The van der Waals surface area contributed by atoms with Gasteiger partial charge in [0.05, 0.1) is 13.0 Å². The number of esters is 1. The highest BCUT2D eigenvalue weighted by Crippen LogP contribution is 2.19. The predicted octanol–water partition coefficient (Wildman–Crippen LogP) is 2.68. The average Bonchev–Trinajstić information content (AvgIpc) is 2.17. The molecule has 0 unspecified atom stereocenters. The molecule has 1 rings (SSSR count). The maximum Gasteiger partial charge on any atom is 0.307 e. The van der Waals surface area contributed by atoms with Crippen molar-refractivity contribution < 1.29 is 9.53 Å². The summed E-state index contributed by atoms with van der Waals surface area (Å²) in [4.78, 5) is 11.3. The molecule has 17 heavy (non-hydrogen) atoms. The number of hydrogen-bond acceptors (Lipinski definition) is 3. The highest BCUT2D eigenvalue weighted by molar-refractivity contribution is 5.85. The van der Waals surface area contributed by atoms with E-state index in [1.165, 1.54) is 5.56 Å². The summed E-state index contributed by atoms with van der Waals surface area (Å²) in [6.07, 6.45) is 0.234. The highest BCUT2D eigenvalue weighted by atomic mass is 35.5. The Morgan fingerprint density at radius 3 is 2.59 bits per heavy atom. The number of benzene rings is 1. The summed E-state index contributed by atoms with van der Waals surface area (Å²) in [6.45, 7) is 6.24. The van der Waals surface area contributed by atoms with Crippen molar-refractivity contribution in [2.24, 2.45) is 5.73 Å². The number of halogens is 1. The summed E-state index contributed by atoms with van der Waals surface area (Å²) in [6, 6.07) is 5.78. The van der Waals surface area contributed by atoms with E-state index in [0.29, 0.717) is 6.61 Å². The van der Waals surface area contributed by atoms with Crippen LogP contribution in [0.2, 0.25) is 0 Å². The van der Waals surface area contributed by atoms with Gasteiger partial charge in [-0.15, -0.1) is 12.4 Å². The summed E-state index contributed by atoms with van der Waals surface area (Å²) in [5.74, 6) is -0.241. The van der Waals surface area contributed by atoms with Crippen LogP contribution in [0.4, 0.5) is 0 Å². The fourth-order valence-corrected chi connectivity index (χ4v) is 1.75. The second-order valence-corrected chi connectivity index (χ2v) is 3.98. The van der Waals surface area contributed by atoms with Gasteiger partial charge in [-0.3, -0.25) is 4.79 Å². The number of rotatable bonds is 4. The van der Waals surface area contributed by atoms with Crippen molar-refractivity contribution in [2.75, 3.05) is 6.61 Å². The smallest absolute Gasteiger partial charge is 0.307 e. The predicted molar refractivity (Wildman–Crippen MR) is 71.3 cm³/mol.